The maximum absolute atomic E-state index is 12.7. The quantitative estimate of drug-likeness (QED) is 0.334. The van der Waals surface area contributed by atoms with Gasteiger partial charge < -0.3 is 26.6 Å². The second kappa shape index (κ2) is 8.89. The molecule has 1 unspecified atom stereocenters. The lowest BCUT2D eigenvalue weighted by Gasteiger charge is -2.37. The van der Waals surface area contributed by atoms with E-state index in [1.807, 2.05) is 26.8 Å². The van der Waals surface area contributed by atoms with Gasteiger partial charge in [0.25, 0.3) is 5.91 Å². The van der Waals surface area contributed by atoms with E-state index in [1.54, 1.807) is 24.3 Å². The van der Waals surface area contributed by atoms with E-state index >= 15 is 0 Å². The summed E-state index contributed by atoms with van der Waals surface area (Å²) < 4.78 is 6.61. The number of nitrogens with two attached hydrogens (primary N) is 2. The number of aliphatic imine (C=N–C) groups is 1. The average molecular weight is 461 g/mol. The minimum atomic E-state index is -0.435. The third-order valence-electron chi connectivity index (χ3n) is 6.86. The molecule has 7 heteroatoms. The van der Waals surface area contributed by atoms with E-state index in [-0.39, 0.29) is 11.9 Å². The molecule has 1 aliphatic rings. The summed E-state index contributed by atoms with van der Waals surface area (Å²) in [5.41, 5.74) is 15.6. The van der Waals surface area contributed by atoms with E-state index in [1.165, 1.54) is 0 Å². The Hall–Kier alpha value is -3.74. The molecule has 3 aromatic rings. The fourth-order valence-electron chi connectivity index (χ4n) is 4.66. The monoisotopic (exact) mass is 460 g/mol. The first-order valence-corrected chi connectivity index (χ1v) is 11.5. The number of fused-ring (bicyclic) bond motifs is 3. The Labute approximate surface area is 199 Å². The topological polar surface area (TPSA) is 123 Å². The number of rotatable bonds is 5. The number of aryl methyl sites for hydroxylation is 2. The predicted octanol–water partition coefficient (Wildman–Crippen LogP) is 4.28. The number of hydrogen-bond acceptors (Lipinski definition) is 4. The summed E-state index contributed by atoms with van der Waals surface area (Å²) in [6.45, 7) is 8.57. The van der Waals surface area contributed by atoms with Gasteiger partial charge in [0.2, 0.25) is 0 Å². The van der Waals surface area contributed by atoms with E-state index in [0.717, 1.165) is 51.6 Å². The molecule has 3 aromatic carbocycles. The first-order chi connectivity index (χ1) is 16.1. The Morgan fingerprint density at radius 2 is 1.94 bits per heavy atom. The number of nitrogens with one attached hydrogen (secondary N) is 1. The van der Waals surface area contributed by atoms with Crippen LogP contribution in [0.3, 0.4) is 0 Å². The number of amides is 1. The van der Waals surface area contributed by atoms with E-state index < -0.39 is 5.60 Å². The first-order valence-electron chi connectivity index (χ1n) is 11.5. The van der Waals surface area contributed by atoms with Crippen LogP contribution in [0.2, 0.25) is 0 Å². The number of phenols is 1. The number of ether oxygens (including phenoxy) is 1. The fraction of sp³-hybridized carbons (Fsp3) is 0.333. The van der Waals surface area contributed by atoms with Crippen LogP contribution in [0, 0.1) is 20.8 Å². The first kappa shape index (κ1) is 23.4. The zero-order valence-corrected chi connectivity index (χ0v) is 20.2. The van der Waals surface area contributed by atoms with Crippen molar-refractivity contribution in [1.29, 1.82) is 0 Å². The van der Waals surface area contributed by atoms with Gasteiger partial charge in [-0.05, 0) is 75.4 Å². The number of benzene rings is 3. The van der Waals surface area contributed by atoms with Crippen molar-refractivity contribution in [3.63, 3.8) is 0 Å². The summed E-state index contributed by atoms with van der Waals surface area (Å²) in [6.07, 6.45) is 2.26. The summed E-state index contributed by atoms with van der Waals surface area (Å²) in [5, 5.41) is 15.7. The fourth-order valence-corrected chi connectivity index (χ4v) is 4.66. The molecule has 1 heterocycles. The summed E-state index contributed by atoms with van der Waals surface area (Å²) in [5.74, 6) is 0.946. The van der Waals surface area contributed by atoms with E-state index in [2.05, 4.69) is 23.3 Å². The molecule has 0 aromatic heterocycles. The summed E-state index contributed by atoms with van der Waals surface area (Å²) >= 11 is 0. The minimum absolute atomic E-state index is 0.0540. The van der Waals surface area contributed by atoms with Crippen LogP contribution in [0.4, 0.5) is 5.69 Å². The molecule has 0 saturated carbocycles. The van der Waals surface area contributed by atoms with Gasteiger partial charge in [-0.1, -0.05) is 18.2 Å². The molecule has 0 fully saturated rings. The van der Waals surface area contributed by atoms with Crippen molar-refractivity contribution in [3.05, 3.63) is 64.2 Å². The highest BCUT2D eigenvalue weighted by Crippen LogP contribution is 2.47. The van der Waals surface area contributed by atoms with Crippen LogP contribution >= 0.6 is 0 Å². The Kier molecular flexibility index (Phi) is 6.13. The largest absolute Gasteiger partial charge is 0.507 e. The van der Waals surface area contributed by atoms with Crippen LogP contribution in [-0.4, -0.2) is 29.1 Å². The number of hydrogen-bond donors (Lipinski definition) is 4. The zero-order chi connectivity index (χ0) is 24.6. The maximum Gasteiger partial charge on any atom is 0.251 e. The third kappa shape index (κ3) is 4.38. The number of carbonyl (C=O) groups is 1. The highest BCUT2D eigenvalue weighted by molar-refractivity contribution is 5.99. The van der Waals surface area contributed by atoms with Gasteiger partial charge in [0.1, 0.15) is 17.1 Å². The lowest BCUT2D eigenvalue weighted by Crippen LogP contribution is -2.40. The highest BCUT2D eigenvalue weighted by atomic mass is 16.5. The second-order valence-corrected chi connectivity index (χ2v) is 9.36. The van der Waals surface area contributed by atoms with Gasteiger partial charge in [-0.25, -0.2) is 4.99 Å². The summed E-state index contributed by atoms with van der Waals surface area (Å²) in [6, 6.07) is 11.0. The molecule has 0 bridgehead atoms. The molecule has 6 N–H and O–H groups in total. The molecule has 7 nitrogen and oxygen atoms in total. The zero-order valence-electron chi connectivity index (χ0n) is 20.2. The molecule has 0 aliphatic carbocycles. The van der Waals surface area contributed by atoms with Crippen LogP contribution in [0.1, 0.15) is 52.4 Å². The standard InChI is InChI=1S/C27H32N4O3/c1-15-8-9-21-22(16(15)2)23(32)17(3)20-10-11-27(4,34-24(20)21)12-13-30-25(33)18-6-5-7-19(14-18)31-26(28)29/h5-9,14,32H,10-13H2,1-4H3,(H,30,33)(H4,28,29,31). The molecule has 0 saturated heterocycles. The van der Waals surface area contributed by atoms with Gasteiger partial charge in [0.05, 0.1) is 5.69 Å². The van der Waals surface area contributed by atoms with Crippen LogP contribution < -0.4 is 21.5 Å². The van der Waals surface area contributed by atoms with Crippen LogP contribution in [-0.2, 0) is 6.42 Å². The number of nitrogens with zero attached hydrogens (tertiary/aromatic N) is 1. The van der Waals surface area contributed by atoms with Crippen LogP contribution in [0.5, 0.6) is 11.5 Å². The average Bonchev–Trinajstić information content (AvgIpc) is 2.79. The highest BCUT2D eigenvalue weighted by Gasteiger charge is 2.34. The number of aromatic hydroxyl groups is 1. The van der Waals surface area contributed by atoms with E-state index in [0.29, 0.717) is 30.0 Å². The molecule has 0 radical (unpaired) electrons. The molecular weight excluding hydrogens is 428 g/mol. The van der Waals surface area contributed by atoms with Crippen molar-refractivity contribution in [1.82, 2.24) is 5.32 Å². The van der Waals surface area contributed by atoms with Crippen molar-refractivity contribution >= 4 is 28.3 Å². The summed E-state index contributed by atoms with van der Waals surface area (Å²) in [4.78, 5) is 16.7. The van der Waals surface area contributed by atoms with Gasteiger partial charge in [-0.15, -0.1) is 0 Å². The number of carbonyl (C=O) groups excluding carboxylic acids is 1. The van der Waals surface area contributed by atoms with Crippen molar-refractivity contribution < 1.29 is 14.6 Å². The molecular formula is C27H32N4O3. The van der Waals surface area contributed by atoms with E-state index in [9.17, 15) is 9.90 Å². The molecule has 178 valence electrons. The molecule has 34 heavy (non-hydrogen) atoms. The van der Waals surface area contributed by atoms with Crippen LogP contribution in [0.25, 0.3) is 10.8 Å². The van der Waals surface area contributed by atoms with Crippen molar-refractivity contribution in [2.24, 2.45) is 16.5 Å². The van der Waals surface area contributed by atoms with Gasteiger partial charge in [-0.3, -0.25) is 4.79 Å². The lowest BCUT2D eigenvalue weighted by molar-refractivity contribution is 0.0571. The van der Waals surface area contributed by atoms with E-state index in [4.69, 9.17) is 16.2 Å². The number of phenolic OH excluding ortho intramolecular Hbond substituents is 1. The van der Waals surface area contributed by atoms with Crippen molar-refractivity contribution in [3.8, 4) is 11.5 Å². The number of guanidine groups is 1. The van der Waals surface area contributed by atoms with Crippen LogP contribution in [0.15, 0.2) is 41.4 Å². The van der Waals surface area contributed by atoms with Crippen molar-refractivity contribution in [2.45, 2.75) is 52.6 Å². The Morgan fingerprint density at radius 3 is 2.68 bits per heavy atom. The van der Waals surface area contributed by atoms with Gasteiger partial charge in [0, 0.05) is 34.9 Å². The second-order valence-electron chi connectivity index (χ2n) is 9.36. The summed E-state index contributed by atoms with van der Waals surface area (Å²) in [7, 11) is 0. The predicted molar refractivity (Wildman–Crippen MR) is 136 cm³/mol. The normalized spacial score (nSPS) is 17.1. The van der Waals surface area contributed by atoms with Crippen molar-refractivity contribution in [2.75, 3.05) is 6.54 Å². The molecule has 0 spiro atoms. The van der Waals surface area contributed by atoms with Gasteiger partial charge >= 0.3 is 0 Å². The van der Waals surface area contributed by atoms with Gasteiger partial charge in [0.15, 0.2) is 5.96 Å². The molecule has 4 rings (SSSR count). The Morgan fingerprint density at radius 1 is 1.18 bits per heavy atom. The molecule has 1 amide bonds. The maximum atomic E-state index is 12.7. The minimum Gasteiger partial charge on any atom is -0.507 e. The van der Waals surface area contributed by atoms with Gasteiger partial charge in [-0.2, -0.15) is 0 Å². The Balaban J connectivity index is 1.52. The SMILES string of the molecule is Cc1ccc2c3c(c(C)c(O)c2c1C)CCC(C)(CCNC(=O)c1cccc(N=C(N)N)c1)O3. The Bertz CT molecular complexity index is 1310. The third-order valence-corrected chi connectivity index (χ3v) is 6.86. The molecule has 1 atom stereocenters. The molecule has 1 aliphatic heterocycles. The lowest BCUT2D eigenvalue weighted by atomic mass is 9.85. The smallest absolute Gasteiger partial charge is 0.251 e.